The molecule has 1 N–H and O–H groups in total. The fraction of sp³-hybridized carbons (Fsp3) is 0.200. The van der Waals surface area contributed by atoms with Crippen LogP contribution >= 0.6 is 11.6 Å². The number of rotatable bonds is 1. The average Bonchev–Trinajstić information content (AvgIpc) is 2.78. The number of benzene rings is 1. The van der Waals surface area contributed by atoms with Gasteiger partial charge in [-0.2, -0.15) is 4.98 Å². The van der Waals surface area contributed by atoms with Crippen LogP contribution in [0.2, 0.25) is 5.02 Å². The Hall–Kier alpha value is -2.11. The summed E-state index contributed by atoms with van der Waals surface area (Å²) in [6.07, 6.45) is 1.77. The Morgan fingerprint density at radius 1 is 1.14 bits per heavy atom. The largest absolute Gasteiger partial charge is 0.311 e. The maximum atomic E-state index is 6.01. The van der Waals surface area contributed by atoms with E-state index in [-0.39, 0.29) is 0 Å². The van der Waals surface area contributed by atoms with Crippen LogP contribution in [-0.4, -0.2) is 27.7 Å². The smallest absolute Gasteiger partial charge is 0.250 e. The third-order valence-corrected chi connectivity index (χ3v) is 3.86. The zero-order valence-corrected chi connectivity index (χ0v) is 12.1. The van der Waals surface area contributed by atoms with Crippen LogP contribution in [0, 0.1) is 0 Å². The second-order valence-corrected chi connectivity index (χ2v) is 5.46. The van der Waals surface area contributed by atoms with Crippen molar-refractivity contribution in [3.05, 3.63) is 53.2 Å². The zero-order chi connectivity index (χ0) is 14.2. The van der Waals surface area contributed by atoms with Crippen molar-refractivity contribution in [1.29, 1.82) is 0 Å². The van der Waals surface area contributed by atoms with Gasteiger partial charge in [0.15, 0.2) is 5.65 Å². The summed E-state index contributed by atoms with van der Waals surface area (Å²) in [7, 11) is 0. The Kier molecular flexibility index (Phi) is 3.02. The van der Waals surface area contributed by atoms with Crippen LogP contribution in [0.1, 0.15) is 5.56 Å². The molecule has 0 atom stereocenters. The molecule has 4 rings (SSSR count). The normalized spacial score (nSPS) is 15.0. The van der Waals surface area contributed by atoms with Gasteiger partial charge >= 0.3 is 0 Å². The molecule has 3 aromatic rings. The first kappa shape index (κ1) is 12.6. The Bertz CT molecular complexity index is 798. The molecule has 1 aliphatic rings. The highest BCUT2D eigenvalue weighted by atomic mass is 35.5. The minimum absolute atomic E-state index is 0.650. The molecule has 1 aliphatic heterocycles. The van der Waals surface area contributed by atoms with E-state index >= 15 is 0 Å². The summed E-state index contributed by atoms with van der Waals surface area (Å²) in [5.41, 5.74) is 3.21. The van der Waals surface area contributed by atoms with E-state index in [2.05, 4.69) is 38.5 Å². The molecule has 0 saturated carbocycles. The van der Waals surface area contributed by atoms with E-state index in [4.69, 9.17) is 11.6 Å². The molecule has 3 heterocycles. The number of hydrogen-bond acceptors (Lipinski definition) is 4. The van der Waals surface area contributed by atoms with Gasteiger partial charge in [-0.05, 0) is 23.8 Å². The second kappa shape index (κ2) is 5.02. The summed E-state index contributed by atoms with van der Waals surface area (Å²) >= 11 is 6.01. The van der Waals surface area contributed by atoms with Gasteiger partial charge in [0.25, 0.3) is 0 Å². The van der Waals surface area contributed by atoms with Crippen molar-refractivity contribution in [2.45, 2.75) is 6.54 Å². The fourth-order valence-corrected chi connectivity index (χ4v) is 2.78. The van der Waals surface area contributed by atoms with Crippen LogP contribution in [-0.2, 0) is 6.54 Å². The molecule has 0 aliphatic carbocycles. The van der Waals surface area contributed by atoms with Gasteiger partial charge in [-0.1, -0.05) is 29.8 Å². The maximum absolute atomic E-state index is 6.01. The van der Waals surface area contributed by atoms with Crippen molar-refractivity contribution in [2.24, 2.45) is 0 Å². The van der Waals surface area contributed by atoms with Crippen molar-refractivity contribution < 1.29 is 0 Å². The van der Waals surface area contributed by atoms with Crippen LogP contribution in [0.3, 0.4) is 0 Å². The van der Waals surface area contributed by atoms with E-state index in [9.17, 15) is 0 Å². The number of pyridine rings is 1. The summed E-state index contributed by atoms with van der Waals surface area (Å²) in [5, 5.41) is 8.63. The van der Waals surface area contributed by atoms with Gasteiger partial charge in [0.2, 0.25) is 5.95 Å². The molecule has 0 saturated heterocycles. The molecule has 1 aromatic carbocycles. The molecule has 6 heteroatoms. The number of anilines is 2. The molecule has 106 valence electrons. The second-order valence-electron chi connectivity index (χ2n) is 5.02. The molecule has 0 bridgehead atoms. The summed E-state index contributed by atoms with van der Waals surface area (Å²) in [6, 6.07) is 12.0. The summed E-state index contributed by atoms with van der Waals surface area (Å²) in [5.74, 6) is 0.702. The van der Waals surface area contributed by atoms with Gasteiger partial charge in [-0.15, -0.1) is 5.10 Å². The summed E-state index contributed by atoms with van der Waals surface area (Å²) in [6.45, 7) is 2.60. The van der Waals surface area contributed by atoms with E-state index in [1.807, 2.05) is 18.2 Å². The highest BCUT2D eigenvalue weighted by molar-refractivity contribution is 6.30. The number of nitrogens with zero attached hydrogens (tertiary/aromatic N) is 4. The lowest BCUT2D eigenvalue weighted by Crippen LogP contribution is -2.25. The standard InChI is InChI=1S/C15H14ClN5/c16-12-5-6-14-18-15(19-21(14)10-12)20-8-7-17-9-11-3-1-2-4-13(11)20/h1-6,10,17H,7-9H2. The van der Waals surface area contributed by atoms with Gasteiger partial charge in [0, 0.05) is 31.5 Å². The van der Waals surface area contributed by atoms with Crippen LogP contribution in [0.5, 0.6) is 0 Å². The van der Waals surface area contributed by atoms with Gasteiger partial charge in [0.1, 0.15) is 0 Å². The first-order chi connectivity index (χ1) is 10.3. The van der Waals surface area contributed by atoms with E-state index < -0.39 is 0 Å². The summed E-state index contributed by atoms with van der Waals surface area (Å²) < 4.78 is 1.72. The Balaban J connectivity index is 1.84. The molecule has 0 amide bonds. The minimum atomic E-state index is 0.650. The monoisotopic (exact) mass is 299 g/mol. The Morgan fingerprint density at radius 2 is 2.05 bits per heavy atom. The van der Waals surface area contributed by atoms with Crippen molar-refractivity contribution in [3.63, 3.8) is 0 Å². The first-order valence-electron chi connectivity index (χ1n) is 6.89. The number of hydrogen-bond donors (Lipinski definition) is 1. The van der Waals surface area contributed by atoms with E-state index in [0.717, 1.165) is 31.0 Å². The van der Waals surface area contributed by atoms with Gasteiger partial charge in [0.05, 0.1) is 5.02 Å². The molecule has 0 unspecified atom stereocenters. The predicted molar refractivity (Wildman–Crippen MR) is 83.2 cm³/mol. The highest BCUT2D eigenvalue weighted by Gasteiger charge is 2.19. The molecule has 0 spiro atoms. The average molecular weight is 300 g/mol. The van der Waals surface area contributed by atoms with Crippen molar-refractivity contribution >= 4 is 28.9 Å². The van der Waals surface area contributed by atoms with Crippen LogP contribution in [0.25, 0.3) is 5.65 Å². The quantitative estimate of drug-likeness (QED) is 0.750. The number of aromatic nitrogens is 3. The van der Waals surface area contributed by atoms with Gasteiger partial charge < -0.3 is 10.2 Å². The van der Waals surface area contributed by atoms with Gasteiger partial charge in [-0.25, -0.2) is 4.52 Å². The van der Waals surface area contributed by atoms with E-state index in [0.29, 0.717) is 11.0 Å². The molecular formula is C15H14ClN5. The van der Waals surface area contributed by atoms with Crippen molar-refractivity contribution in [1.82, 2.24) is 19.9 Å². The topological polar surface area (TPSA) is 45.5 Å². The number of fused-ring (bicyclic) bond motifs is 2. The number of halogens is 1. The predicted octanol–water partition coefficient (Wildman–Crippen LogP) is 2.62. The molecular weight excluding hydrogens is 286 g/mol. The zero-order valence-electron chi connectivity index (χ0n) is 11.3. The van der Waals surface area contributed by atoms with E-state index in [1.165, 1.54) is 5.56 Å². The summed E-state index contributed by atoms with van der Waals surface area (Å²) in [4.78, 5) is 6.76. The number of para-hydroxylation sites is 1. The third kappa shape index (κ3) is 2.24. The van der Waals surface area contributed by atoms with Crippen LogP contribution < -0.4 is 10.2 Å². The van der Waals surface area contributed by atoms with E-state index in [1.54, 1.807) is 10.7 Å². The van der Waals surface area contributed by atoms with Crippen molar-refractivity contribution in [2.75, 3.05) is 18.0 Å². The van der Waals surface area contributed by atoms with Crippen LogP contribution in [0.15, 0.2) is 42.6 Å². The van der Waals surface area contributed by atoms with Crippen molar-refractivity contribution in [3.8, 4) is 0 Å². The van der Waals surface area contributed by atoms with Gasteiger partial charge in [-0.3, -0.25) is 0 Å². The minimum Gasteiger partial charge on any atom is -0.311 e. The molecule has 21 heavy (non-hydrogen) atoms. The third-order valence-electron chi connectivity index (χ3n) is 3.64. The molecule has 0 radical (unpaired) electrons. The number of nitrogens with one attached hydrogen (secondary N) is 1. The first-order valence-corrected chi connectivity index (χ1v) is 7.27. The lowest BCUT2D eigenvalue weighted by atomic mass is 10.1. The fourth-order valence-electron chi connectivity index (χ4n) is 2.63. The lowest BCUT2D eigenvalue weighted by Gasteiger charge is -2.20. The maximum Gasteiger partial charge on any atom is 0.250 e. The molecule has 2 aromatic heterocycles. The molecule has 0 fully saturated rings. The molecule has 5 nitrogen and oxygen atoms in total. The van der Waals surface area contributed by atoms with Crippen LogP contribution in [0.4, 0.5) is 11.6 Å². The SMILES string of the molecule is Clc1ccc2nc(N3CCNCc4ccccc43)nn2c1. The highest BCUT2D eigenvalue weighted by Crippen LogP contribution is 2.28. The Morgan fingerprint density at radius 3 is 3.00 bits per heavy atom. The lowest BCUT2D eigenvalue weighted by molar-refractivity contribution is 0.708. The Labute approximate surface area is 127 Å².